The molecule has 0 bridgehead atoms. The Balaban J connectivity index is 1.94. The van der Waals surface area contributed by atoms with E-state index in [1.165, 1.54) is 18.8 Å². The predicted molar refractivity (Wildman–Crippen MR) is 92.2 cm³/mol. The van der Waals surface area contributed by atoms with Crippen LogP contribution in [-0.2, 0) is 4.79 Å². The van der Waals surface area contributed by atoms with Gasteiger partial charge in [0.05, 0.1) is 16.2 Å². The van der Waals surface area contributed by atoms with Gasteiger partial charge in [-0.3, -0.25) is 19.5 Å². The summed E-state index contributed by atoms with van der Waals surface area (Å²) >= 11 is 1.19. The maximum Gasteiger partial charge on any atom is 0.321 e. The lowest BCUT2D eigenvalue weighted by molar-refractivity contribution is -0.119. The Hall–Kier alpha value is -2.35. The summed E-state index contributed by atoms with van der Waals surface area (Å²) in [5.74, 6) is -0.427. The summed E-state index contributed by atoms with van der Waals surface area (Å²) in [6, 6.07) is 6.78. The van der Waals surface area contributed by atoms with Crippen molar-refractivity contribution in [3.8, 4) is 0 Å². The van der Waals surface area contributed by atoms with Crippen molar-refractivity contribution in [1.29, 1.82) is 0 Å². The van der Waals surface area contributed by atoms with Gasteiger partial charge in [0.25, 0.3) is 5.56 Å². The molecular weight excluding hydrogens is 328 g/mol. The van der Waals surface area contributed by atoms with Crippen molar-refractivity contribution in [3.63, 3.8) is 0 Å². The molecule has 1 aliphatic carbocycles. The van der Waals surface area contributed by atoms with E-state index in [1.807, 2.05) is 12.1 Å². The van der Waals surface area contributed by atoms with Gasteiger partial charge in [0.2, 0.25) is 5.91 Å². The Morgan fingerprint density at radius 1 is 1.33 bits per heavy atom. The Bertz CT molecular complexity index is 860. The first-order valence-electron chi connectivity index (χ1n) is 7.71. The van der Waals surface area contributed by atoms with Crippen LogP contribution >= 0.6 is 11.8 Å². The number of amides is 3. The molecule has 126 valence electrons. The quantitative estimate of drug-likeness (QED) is 0.649. The van der Waals surface area contributed by atoms with Gasteiger partial charge >= 0.3 is 6.03 Å². The largest absolute Gasteiger partial charge is 0.341 e. The van der Waals surface area contributed by atoms with Crippen molar-refractivity contribution < 1.29 is 9.59 Å². The fourth-order valence-electron chi connectivity index (χ4n) is 2.35. The van der Waals surface area contributed by atoms with E-state index in [4.69, 9.17) is 0 Å². The van der Waals surface area contributed by atoms with E-state index >= 15 is 0 Å². The van der Waals surface area contributed by atoms with Crippen LogP contribution in [-0.4, -0.2) is 33.8 Å². The summed E-state index contributed by atoms with van der Waals surface area (Å²) in [4.78, 5) is 40.6. The van der Waals surface area contributed by atoms with E-state index in [2.05, 4.69) is 15.6 Å². The molecule has 0 spiro atoms. The van der Waals surface area contributed by atoms with Crippen molar-refractivity contribution in [2.24, 2.45) is 0 Å². The highest BCUT2D eigenvalue weighted by Crippen LogP contribution is 2.37. The summed E-state index contributed by atoms with van der Waals surface area (Å²) in [5, 5.41) is 5.12. The standard InChI is InChI=1S/C16H18N4O3S/c1-9(13(21)19-15(23)17-2)24-16-18-12-6-4-3-5-11(12)14(22)20(16)10-7-8-10/h3-6,9-10H,7-8H2,1-2H3,(H2,17,19,21,23)/t9-/m0/s1. The first-order valence-corrected chi connectivity index (χ1v) is 8.59. The van der Waals surface area contributed by atoms with Gasteiger partial charge < -0.3 is 5.32 Å². The molecule has 7 nitrogen and oxygen atoms in total. The third-order valence-electron chi connectivity index (χ3n) is 3.80. The number of hydrogen-bond acceptors (Lipinski definition) is 5. The average molecular weight is 346 g/mol. The summed E-state index contributed by atoms with van der Waals surface area (Å²) in [6.07, 6.45) is 1.87. The molecule has 1 saturated carbocycles. The van der Waals surface area contributed by atoms with Crippen LogP contribution in [0.5, 0.6) is 0 Å². The van der Waals surface area contributed by atoms with Crippen LogP contribution in [0.3, 0.4) is 0 Å². The molecule has 8 heteroatoms. The number of nitrogens with one attached hydrogen (secondary N) is 2. The molecule has 0 aliphatic heterocycles. The number of imide groups is 1. The summed E-state index contributed by atoms with van der Waals surface area (Å²) in [7, 11) is 1.44. The Labute approximate surface area is 142 Å². The topological polar surface area (TPSA) is 93.1 Å². The number of aromatic nitrogens is 2. The second-order valence-corrected chi connectivity index (χ2v) is 6.95. The number of urea groups is 1. The van der Waals surface area contributed by atoms with Crippen molar-refractivity contribution in [3.05, 3.63) is 34.6 Å². The normalized spacial score (nSPS) is 15.1. The third-order valence-corrected chi connectivity index (χ3v) is 4.87. The molecule has 0 unspecified atom stereocenters. The lowest BCUT2D eigenvalue weighted by Crippen LogP contribution is -2.41. The van der Waals surface area contributed by atoms with Gasteiger partial charge in [-0.05, 0) is 31.9 Å². The number of para-hydroxylation sites is 1. The molecule has 1 aromatic carbocycles. The van der Waals surface area contributed by atoms with E-state index in [9.17, 15) is 14.4 Å². The molecule has 3 rings (SSSR count). The van der Waals surface area contributed by atoms with Crippen molar-refractivity contribution in [2.45, 2.75) is 36.2 Å². The molecule has 0 radical (unpaired) electrons. The summed E-state index contributed by atoms with van der Waals surface area (Å²) < 4.78 is 1.68. The van der Waals surface area contributed by atoms with Gasteiger partial charge in [-0.2, -0.15) is 0 Å². The van der Waals surface area contributed by atoms with E-state index in [1.54, 1.807) is 23.6 Å². The van der Waals surface area contributed by atoms with Gasteiger partial charge in [-0.1, -0.05) is 23.9 Å². The van der Waals surface area contributed by atoms with E-state index in [0.29, 0.717) is 16.1 Å². The first-order chi connectivity index (χ1) is 11.5. The molecule has 1 heterocycles. The summed E-state index contributed by atoms with van der Waals surface area (Å²) in [5.41, 5.74) is 0.533. The second-order valence-electron chi connectivity index (χ2n) is 5.65. The minimum atomic E-state index is -0.557. The second kappa shape index (κ2) is 6.64. The first kappa shape index (κ1) is 16.5. The smallest absolute Gasteiger partial charge is 0.321 e. The lowest BCUT2D eigenvalue weighted by atomic mass is 10.2. The lowest BCUT2D eigenvalue weighted by Gasteiger charge is -2.15. The molecule has 1 aromatic heterocycles. The predicted octanol–water partition coefficient (Wildman–Crippen LogP) is 1.67. The van der Waals surface area contributed by atoms with Crippen LogP contribution in [0.25, 0.3) is 10.9 Å². The number of nitrogens with zero attached hydrogens (tertiary/aromatic N) is 2. The Morgan fingerprint density at radius 3 is 2.71 bits per heavy atom. The molecule has 2 N–H and O–H groups in total. The zero-order chi connectivity index (χ0) is 17.3. The van der Waals surface area contributed by atoms with Crippen molar-refractivity contribution >= 4 is 34.6 Å². The maximum atomic E-state index is 12.8. The maximum absolute atomic E-state index is 12.8. The Morgan fingerprint density at radius 2 is 2.04 bits per heavy atom. The van der Waals surface area contributed by atoms with Crippen LogP contribution in [0.2, 0.25) is 0 Å². The number of hydrogen-bond donors (Lipinski definition) is 2. The van der Waals surface area contributed by atoms with Crippen LogP contribution in [0.15, 0.2) is 34.2 Å². The fraction of sp³-hybridized carbons (Fsp3) is 0.375. The zero-order valence-electron chi connectivity index (χ0n) is 13.4. The van der Waals surface area contributed by atoms with Crippen LogP contribution < -0.4 is 16.2 Å². The van der Waals surface area contributed by atoms with Gasteiger partial charge in [-0.15, -0.1) is 0 Å². The van der Waals surface area contributed by atoms with Gasteiger partial charge in [0.15, 0.2) is 5.16 Å². The van der Waals surface area contributed by atoms with E-state index < -0.39 is 17.2 Å². The Kier molecular flexibility index (Phi) is 4.57. The van der Waals surface area contributed by atoms with E-state index in [0.717, 1.165) is 12.8 Å². The SMILES string of the molecule is CNC(=O)NC(=O)[C@H](C)Sc1nc2ccccc2c(=O)n1C1CC1. The molecule has 0 saturated heterocycles. The van der Waals surface area contributed by atoms with Crippen molar-refractivity contribution in [2.75, 3.05) is 7.05 Å². The highest BCUT2D eigenvalue weighted by atomic mass is 32.2. The molecule has 1 fully saturated rings. The molecule has 1 atom stereocenters. The number of thioether (sulfide) groups is 1. The zero-order valence-corrected chi connectivity index (χ0v) is 14.2. The number of carbonyl (C=O) groups excluding carboxylic acids is 2. The number of benzene rings is 1. The fourth-order valence-corrected chi connectivity index (χ4v) is 3.33. The minimum Gasteiger partial charge on any atom is -0.341 e. The van der Waals surface area contributed by atoms with Gasteiger partial charge in [0, 0.05) is 13.1 Å². The molecular formula is C16H18N4O3S. The van der Waals surface area contributed by atoms with Gasteiger partial charge in [0.1, 0.15) is 0 Å². The molecule has 24 heavy (non-hydrogen) atoms. The van der Waals surface area contributed by atoms with Crippen LogP contribution in [0.4, 0.5) is 4.79 Å². The minimum absolute atomic E-state index is 0.0792. The van der Waals surface area contributed by atoms with E-state index in [-0.39, 0.29) is 11.6 Å². The monoisotopic (exact) mass is 346 g/mol. The van der Waals surface area contributed by atoms with Crippen LogP contribution in [0, 0.1) is 0 Å². The van der Waals surface area contributed by atoms with Crippen LogP contribution in [0.1, 0.15) is 25.8 Å². The molecule has 2 aromatic rings. The third kappa shape index (κ3) is 3.28. The molecule has 3 amide bonds. The number of rotatable bonds is 4. The summed E-state index contributed by atoms with van der Waals surface area (Å²) in [6.45, 7) is 1.68. The number of fused-ring (bicyclic) bond motifs is 1. The number of carbonyl (C=O) groups is 2. The highest BCUT2D eigenvalue weighted by molar-refractivity contribution is 8.00. The average Bonchev–Trinajstić information content (AvgIpc) is 3.39. The van der Waals surface area contributed by atoms with Crippen molar-refractivity contribution in [1.82, 2.24) is 20.2 Å². The van der Waals surface area contributed by atoms with Gasteiger partial charge in [-0.25, -0.2) is 9.78 Å². The molecule has 1 aliphatic rings. The highest BCUT2D eigenvalue weighted by Gasteiger charge is 2.30.